The Morgan fingerprint density at radius 2 is 2.23 bits per heavy atom. The second kappa shape index (κ2) is 5.14. The summed E-state index contributed by atoms with van der Waals surface area (Å²) in [6.45, 7) is 1.79. The number of phenols is 1. The van der Waals surface area contributed by atoms with E-state index in [0.717, 1.165) is 36.2 Å². The van der Waals surface area contributed by atoms with Crippen molar-refractivity contribution in [1.82, 2.24) is 9.97 Å². The average Bonchev–Trinajstić information content (AvgIpc) is 3.01. The Balaban J connectivity index is 1.82. The van der Waals surface area contributed by atoms with E-state index in [1.807, 2.05) is 6.07 Å². The van der Waals surface area contributed by atoms with E-state index >= 15 is 0 Å². The predicted molar refractivity (Wildman–Crippen MR) is 86.8 cm³/mol. The maximum absolute atomic E-state index is 9.91. The number of phenolic OH excluding ortho intramolecular Hbond substituents is 1. The van der Waals surface area contributed by atoms with Gasteiger partial charge in [0.05, 0.1) is 19.2 Å². The molecule has 3 aromatic rings. The SMILES string of the molecule is COc1cc2c(N3CCc4ccsc4C3)ncnc2cc1O. The molecule has 0 unspecified atom stereocenters. The van der Waals surface area contributed by atoms with Crippen molar-refractivity contribution in [1.29, 1.82) is 0 Å². The highest BCUT2D eigenvalue weighted by atomic mass is 32.1. The Hall–Kier alpha value is -2.34. The van der Waals surface area contributed by atoms with Crippen LogP contribution in [0.2, 0.25) is 0 Å². The topological polar surface area (TPSA) is 58.5 Å². The standard InChI is InChI=1S/C16H15N3O2S/c1-21-14-6-11-12(7-13(14)20)17-9-18-16(11)19-4-2-10-3-5-22-15(10)8-19/h3,5-7,9,20H,2,4,8H2,1H3. The maximum Gasteiger partial charge on any atom is 0.161 e. The molecule has 2 aromatic heterocycles. The Bertz CT molecular complexity index is 847. The van der Waals surface area contributed by atoms with E-state index in [1.54, 1.807) is 30.8 Å². The van der Waals surface area contributed by atoms with Crippen LogP contribution in [0.4, 0.5) is 5.82 Å². The van der Waals surface area contributed by atoms with Gasteiger partial charge in [-0.25, -0.2) is 9.97 Å². The fraction of sp³-hybridized carbons (Fsp3) is 0.250. The smallest absolute Gasteiger partial charge is 0.161 e. The summed E-state index contributed by atoms with van der Waals surface area (Å²) in [6, 6.07) is 5.64. The molecular weight excluding hydrogens is 298 g/mol. The van der Waals surface area contributed by atoms with Crippen LogP contribution in [-0.2, 0) is 13.0 Å². The molecule has 22 heavy (non-hydrogen) atoms. The van der Waals surface area contributed by atoms with Gasteiger partial charge in [-0.2, -0.15) is 0 Å². The highest BCUT2D eigenvalue weighted by Crippen LogP contribution is 2.35. The first-order chi connectivity index (χ1) is 10.8. The average molecular weight is 313 g/mol. The molecule has 3 heterocycles. The lowest BCUT2D eigenvalue weighted by atomic mass is 10.1. The molecule has 6 heteroatoms. The summed E-state index contributed by atoms with van der Waals surface area (Å²) in [5.74, 6) is 1.43. The predicted octanol–water partition coefficient (Wildman–Crippen LogP) is 2.97. The van der Waals surface area contributed by atoms with Crippen LogP contribution in [0.3, 0.4) is 0 Å². The molecule has 0 atom stereocenters. The first-order valence-corrected chi connectivity index (χ1v) is 7.96. The zero-order valence-electron chi connectivity index (χ0n) is 12.1. The number of aromatic nitrogens is 2. The van der Waals surface area contributed by atoms with Crippen LogP contribution in [0.1, 0.15) is 10.4 Å². The molecule has 0 saturated carbocycles. The minimum absolute atomic E-state index is 0.0961. The first kappa shape index (κ1) is 13.3. The molecule has 0 fully saturated rings. The number of nitrogens with zero attached hydrogens (tertiary/aromatic N) is 3. The van der Waals surface area contributed by atoms with E-state index in [-0.39, 0.29) is 5.75 Å². The second-order valence-electron chi connectivity index (χ2n) is 5.28. The molecule has 0 saturated heterocycles. The molecule has 0 spiro atoms. The molecule has 1 aromatic carbocycles. The van der Waals surface area contributed by atoms with Gasteiger partial charge in [0.2, 0.25) is 0 Å². The van der Waals surface area contributed by atoms with Crippen LogP contribution in [0, 0.1) is 0 Å². The quantitative estimate of drug-likeness (QED) is 0.788. The van der Waals surface area contributed by atoms with Crippen molar-refractivity contribution in [2.75, 3.05) is 18.6 Å². The number of benzene rings is 1. The van der Waals surface area contributed by atoms with E-state index in [2.05, 4.69) is 26.3 Å². The van der Waals surface area contributed by atoms with E-state index in [0.29, 0.717) is 5.75 Å². The van der Waals surface area contributed by atoms with Crippen molar-refractivity contribution in [3.63, 3.8) is 0 Å². The highest BCUT2D eigenvalue weighted by Gasteiger charge is 2.21. The van der Waals surface area contributed by atoms with Crippen LogP contribution in [0.25, 0.3) is 10.9 Å². The molecule has 0 aliphatic carbocycles. The number of hydrogen-bond acceptors (Lipinski definition) is 6. The number of anilines is 1. The molecule has 0 radical (unpaired) electrons. The summed E-state index contributed by atoms with van der Waals surface area (Å²) >= 11 is 1.79. The van der Waals surface area contributed by atoms with Gasteiger partial charge in [0, 0.05) is 22.9 Å². The van der Waals surface area contributed by atoms with E-state index in [9.17, 15) is 5.11 Å². The number of thiophene rings is 1. The first-order valence-electron chi connectivity index (χ1n) is 7.08. The number of fused-ring (bicyclic) bond motifs is 2. The zero-order valence-corrected chi connectivity index (χ0v) is 12.9. The van der Waals surface area contributed by atoms with E-state index in [1.165, 1.54) is 10.4 Å². The third-order valence-corrected chi connectivity index (χ3v) is 4.99. The lowest BCUT2D eigenvalue weighted by Crippen LogP contribution is -2.30. The van der Waals surface area contributed by atoms with Crippen LogP contribution < -0.4 is 9.64 Å². The van der Waals surface area contributed by atoms with Crippen molar-refractivity contribution in [2.24, 2.45) is 0 Å². The number of aromatic hydroxyl groups is 1. The van der Waals surface area contributed by atoms with Gasteiger partial charge in [0.1, 0.15) is 12.1 Å². The summed E-state index contributed by atoms with van der Waals surface area (Å²) < 4.78 is 5.22. The molecular formula is C16H15N3O2S. The largest absolute Gasteiger partial charge is 0.504 e. The fourth-order valence-electron chi connectivity index (χ4n) is 2.89. The number of methoxy groups -OCH3 is 1. The van der Waals surface area contributed by atoms with Gasteiger partial charge in [-0.15, -0.1) is 11.3 Å². The monoisotopic (exact) mass is 313 g/mol. The highest BCUT2D eigenvalue weighted by molar-refractivity contribution is 7.10. The van der Waals surface area contributed by atoms with Gasteiger partial charge in [-0.3, -0.25) is 0 Å². The number of rotatable bonds is 2. The molecule has 0 bridgehead atoms. The van der Waals surface area contributed by atoms with E-state index < -0.39 is 0 Å². The molecule has 5 nitrogen and oxygen atoms in total. The minimum Gasteiger partial charge on any atom is -0.504 e. The molecule has 1 aliphatic rings. The molecule has 1 N–H and O–H groups in total. The summed E-state index contributed by atoms with van der Waals surface area (Å²) in [4.78, 5) is 12.4. The summed E-state index contributed by atoms with van der Waals surface area (Å²) in [7, 11) is 1.54. The zero-order chi connectivity index (χ0) is 15.1. The van der Waals surface area contributed by atoms with Gasteiger partial charge in [-0.1, -0.05) is 0 Å². The third kappa shape index (κ3) is 2.07. The van der Waals surface area contributed by atoms with Crippen molar-refractivity contribution in [3.8, 4) is 11.5 Å². The lowest BCUT2D eigenvalue weighted by molar-refractivity contribution is 0.374. The molecule has 1 aliphatic heterocycles. The van der Waals surface area contributed by atoms with Crippen LogP contribution in [0.5, 0.6) is 11.5 Å². The van der Waals surface area contributed by atoms with Crippen LogP contribution in [0.15, 0.2) is 29.9 Å². The van der Waals surface area contributed by atoms with Crippen molar-refractivity contribution < 1.29 is 9.84 Å². The van der Waals surface area contributed by atoms with Gasteiger partial charge < -0.3 is 14.7 Å². The maximum atomic E-state index is 9.91. The van der Waals surface area contributed by atoms with E-state index in [4.69, 9.17) is 4.74 Å². The number of ether oxygens (including phenoxy) is 1. The normalized spacial score (nSPS) is 14.1. The Morgan fingerprint density at radius 1 is 1.32 bits per heavy atom. The Morgan fingerprint density at radius 3 is 3.09 bits per heavy atom. The molecule has 0 amide bonds. The summed E-state index contributed by atoms with van der Waals surface area (Å²) in [5, 5.41) is 13.0. The van der Waals surface area contributed by atoms with Gasteiger partial charge in [0.25, 0.3) is 0 Å². The Kier molecular flexibility index (Phi) is 3.11. The van der Waals surface area contributed by atoms with Crippen LogP contribution >= 0.6 is 11.3 Å². The minimum atomic E-state index is 0.0961. The van der Waals surface area contributed by atoms with Crippen molar-refractivity contribution in [2.45, 2.75) is 13.0 Å². The summed E-state index contributed by atoms with van der Waals surface area (Å²) in [6.07, 6.45) is 2.58. The van der Waals surface area contributed by atoms with Crippen molar-refractivity contribution >= 4 is 28.1 Å². The second-order valence-corrected chi connectivity index (χ2v) is 6.28. The van der Waals surface area contributed by atoms with Gasteiger partial charge in [-0.05, 0) is 29.5 Å². The lowest BCUT2D eigenvalue weighted by Gasteiger charge is -2.28. The van der Waals surface area contributed by atoms with Crippen molar-refractivity contribution in [3.05, 3.63) is 40.3 Å². The molecule has 112 valence electrons. The Labute approximate surface area is 131 Å². The molecule has 4 rings (SSSR count). The summed E-state index contributed by atoms with van der Waals surface area (Å²) in [5.41, 5.74) is 2.16. The van der Waals surface area contributed by atoms with Gasteiger partial charge >= 0.3 is 0 Å². The fourth-order valence-corrected chi connectivity index (χ4v) is 3.84. The van der Waals surface area contributed by atoms with Crippen LogP contribution in [-0.4, -0.2) is 28.7 Å². The number of hydrogen-bond donors (Lipinski definition) is 1. The van der Waals surface area contributed by atoms with Gasteiger partial charge in [0.15, 0.2) is 11.5 Å². The third-order valence-electron chi connectivity index (χ3n) is 4.04.